The van der Waals surface area contributed by atoms with Gasteiger partial charge in [0.15, 0.2) is 0 Å². The van der Waals surface area contributed by atoms with Crippen LogP contribution in [0.3, 0.4) is 0 Å². The topological polar surface area (TPSA) is 25.6 Å². The van der Waals surface area contributed by atoms with Crippen LogP contribution in [0, 0.1) is 0 Å². The number of rotatable bonds is 5. The van der Waals surface area contributed by atoms with Crippen LogP contribution in [0.5, 0.6) is 11.5 Å². The lowest BCUT2D eigenvalue weighted by Crippen LogP contribution is -2.25. The molecule has 0 radical (unpaired) electrons. The van der Waals surface area contributed by atoms with Crippen molar-refractivity contribution in [3.05, 3.63) is 175 Å². The van der Waals surface area contributed by atoms with E-state index in [4.69, 9.17) is 9.15 Å². The molecule has 3 heterocycles. The molecular formula is C47H33NO2S2. The highest BCUT2D eigenvalue weighted by Crippen LogP contribution is 2.57. The number of anilines is 3. The zero-order valence-electron chi connectivity index (χ0n) is 28.7. The molecule has 1 aromatic heterocycles. The summed E-state index contributed by atoms with van der Waals surface area (Å²) in [7, 11) is 0. The zero-order valence-corrected chi connectivity index (χ0v) is 30.3. The summed E-state index contributed by atoms with van der Waals surface area (Å²) in [6.07, 6.45) is 0. The van der Waals surface area contributed by atoms with Gasteiger partial charge in [-0.3, -0.25) is 0 Å². The minimum Gasteiger partial charge on any atom is -0.455 e. The van der Waals surface area contributed by atoms with E-state index >= 15 is 0 Å². The third-order valence-corrected chi connectivity index (χ3v) is 12.6. The summed E-state index contributed by atoms with van der Waals surface area (Å²) in [6.45, 7) is 4.69. The third kappa shape index (κ3) is 4.99. The Bertz CT molecular complexity index is 2650. The van der Waals surface area contributed by atoms with Crippen LogP contribution in [0.15, 0.2) is 188 Å². The lowest BCUT2D eigenvalue weighted by molar-refractivity contribution is 0.455. The molecule has 0 saturated carbocycles. The molecule has 0 fully saturated rings. The van der Waals surface area contributed by atoms with Crippen LogP contribution < -0.4 is 9.64 Å². The van der Waals surface area contributed by atoms with E-state index in [2.05, 4.69) is 164 Å². The van der Waals surface area contributed by atoms with Crippen molar-refractivity contribution >= 4 is 51.6 Å². The van der Waals surface area contributed by atoms with Crippen LogP contribution in [-0.4, -0.2) is 0 Å². The number of ether oxygens (including phenoxy) is 1. The van der Waals surface area contributed by atoms with Crippen molar-refractivity contribution in [3.8, 4) is 33.9 Å². The van der Waals surface area contributed by atoms with Gasteiger partial charge in [-0.2, -0.15) is 0 Å². The fourth-order valence-corrected chi connectivity index (χ4v) is 10.2. The van der Waals surface area contributed by atoms with Crippen LogP contribution in [0.25, 0.3) is 33.4 Å². The Balaban J connectivity index is 1.24. The smallest absolute Gasteiger partial charge is 0.143 e. The van der Waals surface area contributed by atoms with E-state index in [0.717, 1.165) is 71.8 Å². The van der Waals surface area contributed by atoms with Gasteiger partial charge in [0.25, 0.3) is 0 Å². The van der Waals surface area contributed by atoms with Crippen molar-refractivity contribution in [1.29, 1.82) is 0 Å². The van der Waals surface area contributed by atoms with Crippen LogP contribution >= 0.6 is 23.5 Å². The minimum atomic E-state index is -0.175. The van der Waals surface area contributed by atoms with E-state index in [1.54, 1.807) is 11.8 Å². The maximum Gasteiger partial charge on any atom is 0.143 e. The van der Waals surface area contributed by atoms with Gasteiger partial charge in [-0.05, 0) is 71.3 Å². The fourth-order valence-electron chi connectivity index (χ4n) is 7.65. The van der Waals surface area contributed by atoms with Crippen LogP contribution in [0.1, 0.15) is 25.0 Å². The summed E-state index contributed by atoms with van der Waals surface area (Å²) >= 11 is 3.63. The predicted molar refractivity (Wildman–Crippen MR) is 215 cm³/mol. The maximum absolute atomic E-state index is 6.73. The molecule has 0 saturated heterocycles. The second kappa shape index (κ2) is 12.3. The van der Waals surface area contributed by atoms with E-state index < -0.39 is 0 Å². The number of furan rings is 1. The van der Waals surface area contributed by atoms with Gasteiger partial charge < -0.3 is 14.1 Å². The lowest BCUT2D eigenvalue weighted by Gasteiger charge is -2.38. The second-order valence-corrected chi connectivity index (χ2v) is 15.8. The van der Waals surface area contributed by atoms with E-state index in [0.29, 0.717) is 0 Å². The Labute approximate surface area is 311 Å². The molecule has 0 aliphatic carbocycles. The number of hydrogen-bond acceptors (Lipinski definition) is 5. The van der Waals surface area contributed by atoms with Gasteiger partial charge in [0.2, 0.25) is 0 Å². The molecule has 3 nitrogen and oxygen atoms in total. The number of hydrogen-bond donors (Lipinski definition) is 0. The van der Waals surface area contributed by atoms with Gasteiger partial charge in [-0.25, -0.2) is 0 Å². The Morgan fingerprint density at radius 2 is 1.13 bits per heavy atom. The van der Waals surface area contributed by atoms with Crippen molar-refractivity contribution < 1.29 is 9.15 Å². The summed E-state index contributed by atoms with van der Waals surface area (Å²) in [5, 5.41) is 1.06. The summed E-state index contributed by atoms with van der Waals surface area (Å²) in [5.74, 6) is 2.61. The highest BCUT2D eigenvalue weighted by atomic mass is 32.2. The van der Waals surface area contributed by atoms with Gasteiger partial charge in [0.05, 0.1) is 21.2 Å². The van der Waals surface area contributed by atoms with Crippen LogP contribution in [0.2, 0.25) is 0 Å². The molecule has 0 unspecified atom stereocenters. The fraction of sp³-hybridized carbons (Fsp3) is 0.0638. The molecule has 250 valence electrons. The second-order valence-electron chi connectivity index (χ2n) is 13.7. The molecule has 52 heavy (non-hydrogen) atoms. The first-order valence-corrected chi connectivity index (χ1v) is 19.1. The summed E-state index contributed by atoms with van der Waals surface area (Å²) in [6, 6.07) is 58.0. The predicted octanol–water partition coefficient (Wildman–Crippen LogP) is 14.3. The van der Waals surface area contributed by atoms with Gasteiger partial charge in [0, 0.05) is 37.4 Å². The lowest BCUT2D eigenvalue weighted by atomic mass is 9.77. The van der Waals surface area contributed by atoms with Crippen LogP contribution in [0.4, 0.5) is 17.1 Å². The minimum absolute atomic E-state index is 0.175. The largest absolute Gasteiger partial charge is 0.455 e. The van der Waals surface area contributed by atoms with Crippen molar-refractivity contribution in [3.63, 3.8) is 0 Å². The van der Waals surface area contributed by atoms with E-state index in [9.17, 15) is 0 Å². The van der Waals surface area contributed by atoms with Gasteiger partial charge in [-0.15, -0.1) is 0 Å². The highest BCUT2D eigenvalue weighted by Gasteiger charge is 2.36. The van der Waals surface area contributed by atoms with Crippen molar-refractivity contribution in [1.82, 2.24) is 0 Å². The molecule has 0 N–H and O–H groups in total. The third-order valence-electron chi connectivity index (χ3n) is 10.2. The van der Waals surface area contributed by atoms with E-state index in [1.807, 2.05) is 30.0 Å². The van der Waals surface area contributed by atoms with Crippen molar-refractivity contribution in [2.45, 2.75) is 38.8 Å². The van der Waals surface area contributed by atoms with Gasteiger partial charge >= 0.3 is 0 Å². The quantitative estimate of drug-likeness (QED) is 0.177. The number of para-hydroxylation sites is 1. The Morgan fingerprint density at radius 1 is 0.519 bits per heavy atom. The first-order valence-electron chi connectivity index (χ1n) is 17.5. The van der Waals surface area contributed by atoms with Crippen molar-refractivity contribution in [2.75, 3.05) is 4.90 Å². The SMILES string of the molecule is CC1(C)c2ccccc2Sc2c(N(c3ccc4oc(-c5ccccc5)c(-c5ccccc5)c4c3)c3cccc4c3Sc3ccccc3O4)cccc21. The molecule has 10 rings (SSSR count). The number of fused-ring (bicyclic) bond motifs is 5. The molecule has 0 atom stereocenters. The molecule has 0 bridgehead atoms. The first kappa shape index (κ1) is 31.1. The van der Waals surface area contributed by atoms with Crippen molar-refractivity contribution in [2.24, 2.45) is 0 Å². The molecular weight excluding hydrogens is 675 g/mol. The average molecular weight is 708 g/mol. The Hall–Kier alpha value is -5.62. The summed E-state index contributed by atoms with van der Waals surface area (Å²) in [5.41, 5.74) is 9.84. The van der Waals surface area contributed by atoms with Gasteiger partial charge in [0.1, 0.15) is 22.8 Å². The maximum atomic E-state index is 6.73. The molecule has 2 aliphatic rings. The summed E-state index contributed by atoms with van der Waals surface area (Å²) < 4.78 is 13.3. The zero-order chi connectivity index (χ0) is 34.8. The standard InChI is InChI=1S/C47H33NO2S2/c1-47(2)34-19-9-11-25-41(34)51-45-35(47)20-13-21-36(45)48(37-22-14-24-40-46(37)52-42-26-12-10-23-39(42)49-40)32-27-28-38-33(29-32)43(30-15-5-3-6-16-30)44(50-38)31-17-7-4-8-18-31/h3-29H,1-2H3. The number of benzene rings is 7. The first-order chi connectivity index (χ1) is 25.5. The van der Waals surface area contributed by atoms with Gasteiger partial charge in [-0.1, -0.05) is 147 Å². The summed E-state index contributed by atoms with van der Waals surface area (Å²) in [4.78, 5) is 7.17. The highest BCUT2D eigenvalue weighted by molar-refractivity contribution is 8.00. The Morgan fingerprint density at radius 3 is 1.94 bits per heavy atom. The normalized spacial score (nSPS) is 13.7. The van der Waals surface area contributed by atoms with E-state index in [-0.39, 0.29) is 5.41 Å². The molecule has 5 heteroatoms. The molecule has 8 aromatic rings. The van der Waals surface area contributed by atoms with E-state index in [1.165, 1.54) is 20.9 Å². The molecule has 2 aliphatic heterocycles. The van der Waals surface area contributed by atoms with Crippen LogP contribution in [-0.2, 0) is 5.41 Å². The molecule has 7 aromatic carbocycles. The number of nitrogens with zero attached hydrogens (tertiary/aromatic N) is 1. The average Bonchev–Trinajstić information content (AvgIpc) is 3.57. The molecule has 0 amide bonds. The monoisotopic (exact) mass is 707 g/mol. The Kier molecular flexibility index (Phi) is 7.34. The molecule has 0 spiro atoms.